The lowest BCUT2D eigenvalue weighted by Crippen LogP contribution is -3.00. The van der Waals surface area contributed by atoms with Crippen molar-refractivity contribution in [1.82, 2.24) is 4.57 Å². The van der Waals surface area contributed by atoms with Crippen LogP contribution in [0, 0.1) is 6.92 Å². The number of aromatic nitrogens is 2. The van der Waals surface area contributed by atoms with Gasteiger partial charge in [0.2, 0.25) is 0 Å². The molecule has 0 radical (unpaired) electrons. The summed E-state index contributed by atoms with van der Waals surface area (Å²) < 4.78 is 5.24. The second-order valence-corrected chi connectivity index (χ2v) is 5.66. The highest BCUT2D eigenvalue weighted by atomic mass is 127. The van der Waals surface area contributed by atoms with E-state index < -0.39 is 0 Å². The SMILES string of the molecule is CCCCn1c2c([n+](CCCC)c1C)CCCC2.[I-]. The molecule has 0 bridgehead atoms. The fourth-order valence-electron chi connectivity index (χ4n) is 3.22. The first-order chi connectivity index (χ1) is 8.79. The van der Waals surface area contributed by atoms with Crippen molar-refractivity contribution < 1.29 is 28.5 Å². The molecule has 0 N–H and O–H groups in total. The maximum absolute atomic E-state index is 2.62. The summed E-state index contributed by atoms with van der Waals surface area (Å²) in [6.07, 6.45) is 10.6. The number of hydrogen-bond donors (Lipinski definition) is 0. The van der Waals surface area contributed by atoms with E-state index in [1.54, 1.807) is 11.4 Å². The molecule has 0 aromatic carbocycles. The minimum absolute atomic E-state index is 0. The predicted molar refractivity (Wildman–Crippen MR) is 75.8 cm³/mol. The van der Waals surface area contributed by atoms with Crippen LogP contribution in [0.2, 0.25) is 0 Å². The van der Waals surface area contributed by atoms with E-state index in [4.69, 9.17) is 0 Å². The summed E-state index contributed by atoms with van der Waals surface area (Å²) in [5, 5.41) is 0. The standard InChI is InChI=1S/C16H29N2.HI/c1-4-6-12-17-14(3)18(13-7-5-2)16-11-9-8-10-15(16)17;/h4-13H2,1-3H3;1H/q+1;/p-1. The highest BCUT2D eigenvalue weighted by Crippen LogP contribution is 2.21. The van der Waals surface area contributed by atoms with E-state index in [-0.39, 0.29) is 24.0 Å². The Morgan fingerprint density at radius 3 is 2.42 bits per heavy atom. The Hall–Kier alpha value is -0.0600. The van der Waals surface area contributed by atoms with Crippen molar-refractivity contribution in [3.63, 3.8) is 0 Å². The molecule has 2 nitrogen and oxygen atoms in total. The van der Waals surface area contributed by atoms with Crippen LogP contribution in [0.1, 0.15) is 69.6 Å². The predicted octanol–water partition coefficient (Wildman–Crippen LogP) is 0.567. The second-order valence-electron chi connectivity index (χ2n) is 5.66. The van der Waals surface area contributed by atoms with Crippen molar-refractivity contribution in [2.24, 2.45) is 0 Å². The molecule has 0 atom stereocenters. The summed E-state index contributed by atoms with van der Waals surface area (Å²) in [6, 6.07) is 0. The van der Waals surface area contributed by atoms with Crippen LogP contribution in [0.25, 0.3) is 0 Å². The normalized spacial score (nSPS) is 14.1. The van der Waals surface area contributed by atoms with Crippen molar-refractivity contribution in [2.45, 2.75) is 85.2 Å². The Kier molecular flexibility index (Phi) is 7.40. The van der Waals surface area contributed by atoms with Gasteiger partial charge in [-0.25, -0.2) is 9.13 Å². The third-order valence-electron chi connectivity index (χ3n) is 4.31. The molecule has 0 saturated carbocycles. The van der Waals surface area contributed by atoms with Gasteiger partial charge in [-0.15, -0.1) is 0 Å². The van der Waals surface area contributed by atoms with Gasteiger partial charge in [0.1, 0.15) is 11.4 Å². The Morgan fingerprint density at radius 2 is 1.74 bits per heavy atom. The van der Waals surface area contributed by atoms with Gasteiger partial charge in [-0.05, 0) is 25.7 Å². The van der Waals surface area contributed by atoms with Gasteiger partial charge >= 0.3 is 0 Å². The van der Waals surface area contributed by atoms with E-state index in [0.717, 1.165) is 0 Å². The first-order valence-corrected chi connectivity index (χ1v) is 7.90. The Labute approximate surface area is 135 Å². The first-order valence-electron chi connectivity index (χ1n) is 7.90. The van der Waals surface area contributed by atoms with E-state index in [1.165, 1.54) is 70.3 Å². The monoisotopic (exact) mass is 376 g/mol. The molecular weight excluding hydrogens is 347 g/mol. The van der Waals surface area contributed by atoms with Crippen molar-refractivity contribution in [2.75, 3.05) is 0 Å². The lowest BCUT2D eigenvalue weighted by Gasteiger charge is -2.09. The van der Waals surface area contributed by atoms with Gasteiger partial charge in [-0.2, -0.15) is 0 Å². The average Bonchev–Trinajstić information content (AvgIpc) is 2.66. The molecule has 1 heterocycles. The number of unbranched alkanes of at least 4 members (excludes halogenated alkanes) is 2. The topological polar surface area (TPSA) is 8.81 Å². The maximum Gasteiger partial charge on any atom is 0.253 e. The quantitative estimate of drug-likeness (QED) is 0.507. The molecule has 1 aromatic rings. The van der Waals surface area contributed by atoms with Gasteiger partial charge < -0.3 is 24.0 Å². The van der Waals surface area contributed by atoms with Gasteiger partial charge in [-0.1, -0.05) is 26.7 Å². The first kappa shape index (κ1) is 17.0. The molecule has 0 amide bonds. The molecule has 0 saturated heterocycles. The molecule has 1 aromatic heterocycles. The molecular formula is C16H29IN2. The van der Waals surface area contributed by atoms with E-state index in [2.05, 4.69) is 29.9 Å². The summed E-state index contributed by atoms with van der Waals surface area (Å²) in [4.78, 5) is 0. The van der Waals surface area contributed by atoms with Crippen molar-refractivity contribution in [3.8, 4) is 0 Å². The molecule has 110 valence electrons. The van der Waals surface area contributed by atoms with E-state index in [9.17, 15) is 0 Å². The summed E-state index contributed by atoms with van der Waals surface area (Å²) in [5.41, 5.74) is 3.31. The Balaban J connectivity index is 0.00000180. The van der Waals surface area contributed by atoms with Gasteiger partial charge in [0.05, 0.1) is 13.1 Å². The molecule has 19 heavy (non-hydrogen) atoms. The summed E-state index contributed by atoms with van der Waals surface area (Å²) >= 11 is 0. The van der Waals surface area contributed by atoms with Crippen LogP contribution in [-0.2, 0) is 25.9 Å². The van der Waals surface area contributed by atoms with Crippen LogP contribution in [-0.4, -0.2) is 4.57 Å². The second kappa shape index (κ2) is 8.28. The van der Waals surface area contributed by atoms with E-state index in [1.807, 2.05) is 0 Å². The molecule has 0 aliphatic heterocycles. The molecule has 2 rings (SSSR count). The van der Waals surface area contributed by atoms with Crippen molar-refractivity contribution >= 4 is 0 Å². The fraction of sp³-hybridized carbons (Fsp3) is 0.812. The third-order valence-corrected chi connectivity index (χ3v) is 4.31. The van der Waals surface area contributed by atoms with Gasteiger partial charge in [0.15, 0.2) is 0 Å². The number of rotatable bonds is 6. The third kappa shape index (κ3) is 3.73. The van der Waals surface area contributed by atoms with Crippen LogP contribution >= 0.6 is 0 Å². The van der Waals surface area contributed by atoms with Crippen LogP contribution < -0.4 is 28.5 Å². The Bertz CT molecular complexity index is 360. The van der Waals surface area contributed by atoms with Crippen LogP contribution in [0.3, 0.4) is 0 Å². The van der Waals surface area contributed by atoms with Crippen LogP contribution in [0.5, 0.6) is 0 Å². The molecule has 3 heteroatoms. The lowest BCUT2D eigenvalue weighted by molar-refractivity contribution is -0.710. The highest BCUT2D eigenvalue weighted by Gasteiger charge is 2.28. The summed E-state index contributed by atoms with van der Waals surface area (Å²) in [7, 11) is 0. The number of halogens is 1. The van der Waals surface area contributed by atoms with Crippen LogP contribution in [0.4, 0.5) is 0 Å². The molecule has 1 aliphatic rings. The van der Waals surface area contributed by atoms with Crippen LogP contribution in [0.15, 0.2) is 0 Å². The minimum atomic E-state index is 0. The summed E-state index contributed by atoms with van der Waals surface area (Å²) in [5.74, 6) is 1.50. The zero-order chi connectivity index (χ0) is 13.0. The maximum atomic E-state index is 2.62. The molecule has 1 aliphatic carbocycles. The molecule has 0 unspecified atom stereocenters. The summed E-state index contributed by atoms with van der Waals surface area (Å²) in [6.45, 7) is 9.35. The Morgan fingerprint density at radius 1 is 1.05 bits per heavy atom. The number of fused-ring (bicyclic) bond motifs is 1. The average molecular weight is 376 g/mol. The molecule has 0 spiro atoms. The fourth-order valence-corrected chi connectivity index (χ4v) is 3.22. The highest BCUT2D eigenvalue weighted by molar-refractivity contribution is 5.14. The van der Waals surface area contributed by atoms with E-state index in [0.29, 0.717) is 0 Å². The minimum Gasteiger partial charge on any atom is -1.00 e. The van der Waals surface area contributed by atoms with Crippen molar-refractivity contribution in [3.05, 3.63) is 17.2 Å². The van der Waals surface area contributed by atoms with Gasteiger partial charge in [0, 0.05) is 19.8 Å². The zero-order valence-corrected chi connectivity index (χ0v) is 15.0. The largest absolute Gasteiger partial charge is 1.00 e. The number of hydrogen-bond acceptors (Lipinski definition) is 0. The number of imidazole rings is 1. The molecule has 0 fully saturated rings. The van der Waals surface area contributed by atoms with Crippen molar-refractivity contribution in [1.29, 1.82) is 0 Å². The lowest BCUT2D eigenvalue weighted by atomic mass is 10.0. The van der Waals surface area contributed by atoms with Gasteiger partial charge in [-0.3, -0.25) is 0 Å². The number of nitrogens with zero attached hydrogens (tertiary/aromatic N) is 2. The van der Waals surface area contributed by atoms with Gasteiger partial charge in [0.25, 0.3) is 5.82 Å². The van der Waals surface area contributed by atoms with E-state index >= 15 is 0 Å². The smallest absolute Gasteiger partial charge is 0.253 e. The zero-order valence-electron chi connectivity index (χ0n) is 12.8.